The first kappa shape index (κ1) is 35.9. The molecule has 0 bridgehead atoms. The predicted octanol–water partition coefficient (Wildman–Crippen LogP) is 2.44. The standard InChI is InChI=1S/C14H13NO5S.C10H8N2.C3H7NO.Cu.H2O/c1-20-12-7-4-5-10(14(12)16)9-15-11-6-2-3-8-13(11)21(17,18)19;1-3-7-11-9(5-1)10-6-2-4-8-12-10;1-4(2)3-5;;/h2-9,16H,1H3,(H,17,18,19);1-8H;3H,1-2H3;;1H2/q;;;+2;/p-2. The van der Waals surface area contributed by atoms with Gasteiger partial charge in [0.15, 0.2) is 0 Å². The molecule has 0 spiro atoms. The maximum Gasteiger partial charge on any atom is 2.00 e. The Hall–Kier alpha value is -4.13. The number of pyridine rings is 2. The van der Waals surface area contributed by atoms with Gasteiger partial charge in [-0.1, -0.05) is 42.1 Å². The van der Waals surface area contributed by atoms with E-state index < -0.39 is 15.0 Å². The second kappa shape index (κ2) is 18.2. The van der Waals surface area contributed by atoms with Crippen molar-refractivity contribution in [1.82, 2.24) is 14.9 Å². The Morgan fingerprint density at radius 2 is 1.40 bits per heavy atom. The Morgan fingerprint density at radius 3 is 1.85 bits per heavy atom. The van der Waals surface area contributed by atoms with Crippen molar-refractivity contribution in [3.63, 3.8) is 0 Å². The number of ether oxygens (including phenoxy) is 1. The van der Waals surface area contributed by atoms with Gasteiger partial charge >= 0.3 is 17.1 Å². The van der Waals surface area contributed by atoms with Gasteiger partial charge in [-0.05, 0) is 48.0 Å². The van der Waals surface area contributed by atoms with Crippen molar-refractivity contribution in [2.45, 2.75) is 4.90 Å². The summed E-state index contributed by atoms with van der Waals surface area (Å²) in [6.45, 7) is 0. The molecule has 0 aliphatic carbocycles. The van der Waals surface area contributed by atoms with E-state index in [1.807, 2.05) is 36.4 Å². The molecule has 1 amide bonds. The van der Waals surface area contributed by atoms with E-state index in [0.29, 0.717) is 0 Å². The topological polar surface area (TPSA) is 179 Å². The van der Waals surface area contributed by atoms with E-state index in [1.165, 1.54) is 48.6 Å². The third-order valence-electron chi connectivity index (χ3n) is 4.51. The summed E-state index contributed by atoms with van der Waals surface area (Å²) in [5.41, 5.74) is 2.04. The molecule has 4 aromatic rings. The van der Waals surface area contributed by atoms with Crippen LogP contribution in [0.1, 0.15) is 5.56 Å². The Morgan fingerprint density at radius 1 is 0.875 bits per heavy atom. The van der Waals surface area contributed by atoms with Gasteiger partial charge in [-0.25, -0.2) is 8.42 Å². The molecular weight excluding hydrogens is 588 g/mol. The third-order valence-corrected chi connectivity index (χ3v) is 5.39. The second-order valence-electron chi connectivity index (χ2n) is 7.56. The van der Waals surface area contributed by atoms with Gasteiger partial charge in [0.2, 0.25) is 6.41 Å². The van der Waals surface area contributed by atoms with E-state index in [2.05, 4.69) is 15.0 Å². The fourth-order valence-corrected chi connectivity index (χ4v) is 3.36. The first-order chi connectivity index (χ1) is 18.2. The normalized spacial score (nSPS) is 9.90. The minimum absolute atomic E-state index is 0. The molecule has 13 heteroatoms. The third kappa shape index (κ3) is 11.7. The zero-order valence-corrected chi connectivity index (χ0v) is 23.5. The molecule has 0 fully saturated rings. The number of hydrogen-bond donors (Lipinski definition) is 0. The minimum atomic E-state index is -4.63. The average molecular weight is 616 g/mol. The van der Waals surface area contributed by atoms with Crippen LogP contribution in [0, 0.1) is 0 Å². The molecule has 2 heterocycles. The summed E-state index contributed by atoms with van der Waals surface area (Å²) in [6.07, 6.45) is 5.49. The number of carbonyl (C=O) groups is 1. The zero-order valence-electron chi connectivity index (χ0n) is 21.8. The van der Waals surface area contributed by atoms with Crippen LogP contribution < -0.4 is 9.84 Å². The predicted molar refractivity (Wildman–Crippen MR) is 145 cm³/mol. The quantitative estimate of drug-likeness (QED) is 0.137. The smallest absolute Gasteiger partial charge is 0.870 e. The van der Waals surface area contributed by atoms with Crippen molar-refractivity contribution in [3.8, 4) is 22.9 Å². The van der Waals surface area contributed by atoms with Gasteiger partial charge in [0, 0.05) is 32.7 Å². The zero-order chi connectivity index (χ0) is 28.0. The Labute approximate surface area is 243 Å². The summed E-state index contributed by atoms with van der Waals surface area (Å²) in [6, 6.07) is 21.7. The molecule has 2 aromatic heterocycles. The number of para-hydroxylation sites is 2. The molecule has 4 rings (SSSR count). The van der Waals surface area contributed by atoms with Crippen LogP contribution in [0.2, 0.25) is 0 Å². The minimum Gasteiger partial charge on any atom is -0.870 e. The summed E-state index contributed by atoms with van der Waals surface area (Å²) < 4.78 is 38.3. The largest absolute Gasteiger partial charge is 2.00 e. The Bertz CT molecular complexity index is 1400. The molecule has 2 aromatic carbocycles. The van der Waals surface area contributed by atoms with E-state index in [9.17, 15) is 22.9 Å². The molecule has 2 N–H and O–H groups in total. The first-order valence-corrected chi connectivity index (χ1v) is 12.5. The average Bonchev–Trinajstić information content (AvgIpc) is 2.94. The van der Waals surface area contributed by atoms with E-state index in [4.69, 9.17) is 4.74 Å². The van der Waals surface area contributed by atoms with Crippen molar-refractivity contribution in [3.05, 3.63) is 96.8 Å². The maximum absolute atomic E-state index is 11.9. The maximum atomic E-state index is 11.9. The van der Waals surface area contributed by atoms with E-state index in [0.717, 1.165) is 17.8 Å². The summed E-state index contributed by atoms with van der Waals surface area (Å²) in [5.74, 6) is -0.213. The number of methoxy groups -OCH3 is 1. The van der Waals surface area contributed by atoms with E-state index >= 15 is 0 Å². The van der Waals surface area contributed by atoms with Gasteiger partial charge in [0.1, 0.15) is 15.9 Å². The number of hydrogen-bond acceptors (Lipinski definition) is 9. The number of benzene rings is 2. The Kier molecular flexibility index (Phi) is 16.3. The number of carbonyl (C=O) groups excluding carboxylic acids is 1. The van der Waals surface area contributed by atoms with Crippen molar-refractivity contribution < 1.29 is 50.2 Å². The Balaban J connectivity index is 0.000000677. The van der Waals surface area contributed by atoms with E-state index in [1.54, 1.807) is 38.6 Å². The molecular formula is C27H28CuN4O7S. The molecule has 0 aliphatic heterocycles. The molecule has 215 valence electrons. The number of rotatable bonds is 6. The number of aliphatic imine (C=N–C) groups is 1. The second-order valence-corrected chi connectivity index (χ2v) is 8.91. The van der Waals surface area contributed by atoms with Gasteiger partial charge in [-0.2, -0.15) is 0 Å². The van der Waals surface area contributed by atoms with Crippen molar-refractivity contribution in [2.75, 3.05) is 21.2 Å². The monoisotopic (exact) mass is 615 g/mol. The number of aromatic nitrogens is 2. The van der Waals surface area contributed by atoms with Crippen LogP contribution in [0.15, 0.2) is 101 Å². The summed E-state index contributed by atoms with van der Waals surface area (Å²) in [4.78, 5) is 22.7. The summed E-state index contributed by atoms with van der Waals surface area (Å²) >= 11 is 0. The van der Waals surface area contributed by atoms with E-state index in [-0.39, 0.29) is 45.3 Å². The number of amides is 1. The van der Waals surface area contributed by atoms with Crippen LogP contribution in [0.4, 0.5) is 5.69 Å². The fourth-order valence-electron chi connectivity index (χ4n) is 2.74. The van der Waals surface area contributed by atoms with Crippen LogP contribution >= 0.6 is 0 Å². The summed E-state index contributed by atoms with van der Waals surface area (Å²) in [7, 11) is 0.120. The molecule has 1 radical (unpaired) electrons. The van der Waals surface area contributed by atoms with Crippen LogP contribution in [-0.2, 0) is 32.0 Å². The van der Waals surface area contributed by atoms with Gasteiger partial charge < -0.3 is 24.8 Å². The molecule has 0 unspecified atom stereocenters. The van der Waals surface area contributed by atoms with Gasteiger partial charge in [-0.15, -0.1) is 0 Å². The van der Waals surface area contributed by atoms with Crippen molar-refractivity contribution >= 4 is 28.4 Å². The van der Waals surface area contributed by atoms with Crippen LogP contribution in [-0.4, -0.2) is 67.1 Å². The number of nitrogens with zero attached hydrogens (tertiary/aromatic N) is 4. The molecule has 0 saturated heterocycles. The summed E-state index contributed by atoms with van der Waals surface area (Å²) in [5, 5.41) is 11.9. The molecule has 0 saturated carbocycles. The SMILES string of the molecule is CN(C)C=O.COc1cccc(C=Nc2ccccc2S(=O)(=O)[O-])c1[O-].O.[Cu+2].c1ccc(-c2ccccn2)nc1. The van der Waals surface area contributed by atoms with Crippen LogP contribution in [0.3, 0.4) is 0 Å². The van der Waals surface area contributed by atoms with Gasteiger partial charge in [0.25, 0.3) is 0 Å². The fraction of sp³-hybridized carbons (Fsp3) is 0.111. The molecule has 40 heavy (non-hydrogen) atoms. The first-order valence-electron chi connectivity index (χ1n) is 11.0. The van der Waals surface area contributed by atoms with Crippen molar-refractivity contribution in [1.29, 1.82) is 0 Å². The van der Waals surface area contributed by atoms with Crippen LogP contribution in [0.25, 0.3) is 11.4 Å². The van der Waals surface area contributed by atoms with Gasteiger partial charge in [0.05, 0.1) is 29.1 Å². The molecule has 0 aliphatic rings. The van der Waals surface area contributed by atoms with Crippen LogP contribution in [0.5, 0.6) is 11.5 Å². The molecule has 0 atom stereocenters. The van der Waals surface area contributed by atoms with Gasteiger partial charge in [-0.3, -0.25) is 19.8 Å². The van der Waals surface area contributed by atoms with Crippen molar-refractivity contribution in [2.24, 2.45) is 4.99 Å². The molecule has 11 nitrogen and oxygen atoms in total.